The van der Waals surface area contributed by atoms with Gasteiger partial charge in [-0.1, -0.05) is 11.6 Å². The van der Waals surface area contributed by atoms with Crippen LogP contribution in [0, 0.1) is 0 Å². The number of guanidine groups is 1. The third-order valence-corrected chi connectivity index (χ3v) is 3.48. The van der Waals surface area contributed by atoms with Crippen molar-refractivity contribution in [2.24, 2.45) is 4.99 Å². The zero-order chi connectivity index (χ0) is 16.5. The van der Waals surface area contributed by atoms with Crippen molar-refractivity contribution in [2.45, 2.75) is 19.9 Å². The summed E-state index contributed by atoms with van der Waals surface area (Å²) >= 11 is 6.07. The van der Waals surface area contributed by atoms with Crippen LogP contribution in [0.1, 0.15) is 18.2 Å². The fourth-order valence-electron chi connectivity index (χ4n) is 2.16. The van der Waals surface area contributed by atoms with E-state index < -0.39 is 0 Å². The molecule has 0 spiro atoms. The van der Waals surface area contributed by atoms with Gasteiger partial charge < -0.3 is 19.8 Å². The summed E-state index contributed by atoms with van der Waals surface area (Å²) in [7, 11) is 1.74. The Kier molecular flexibility index (Phi) is 9.63. The molecule has 0 aliphatic carbocycles. The highest BCUT2D eigenvalue weighted by Gasteiger charge is 2.05. The minimum absolute atomic E-state index is 0. The Bertz CT molecular complexity index is 633. The third-order valence-electron chi connectivity index (χ3n) is 3.24. The van der Waals surface area contributed by atoms with Gasteiger partial charge in [0.15, 0.2) is 5.96 Å². The molecule has 0 aliphatic rings. The average Bonchev–Trinajstić information content (AvgIpc) is 3.06. The molecule has 1 aromatic heterocycles. The highest BCUT2D eigenvalue weighted by molar-refractivity contribution is 14.0. The number of furan rings is 1. The van der Waals surface area contributed by atoms with Gasteiger partial charge in [0.2, 0.25) is 0 Å². The summed E-state index contributed by atoms with van der Waals surface area (Å²) in [5.74, 6) is 2.46. The normalized spacial score (nSPS) is 10.9. The van der Waals surface area contributed by atoms with Crippen LogP contribution in [0.25, 0.3) is 0 Å². The molecule has 0 radical (unpaired) electrons. The Balaban J connectivity index is 0.00000288. The largest absolute Gasteiger partial charge is 0.494 e. The maximum absolute atomic E-state index is 6.07. The molecule has 2 rings (SSSR count). The second kappa shape index (κ2) is 11.2. The van der Waals surface area contributed by atoms with Crippen LogP contribution in [0.2, 0.25) is 5.02 Å². The Labute approximate surface area is 164 Å². The lowest BCUT2D eigenvalue weighted by atomic mass is 10.1. The molecule has 0 amide bonds. The molecule has 2 aromatic rings. The summed E-state index contributed by atoms with van der Waals surface area (Å²) < 4.78 is 10.9. The first kappa shape index (κ1) is 20.6. The molecule has 0 bridgehead atoms. The Hall–Kier alpha value is -1.41. The van der Waals surface area contributed by atoms with Crippen LogP contribution in [0.3, 0.4) is 0 Å². The zero-order valence-corrected chi connectivity index (χ0v) is 16.9. The smallest absolute Gasteiger partial charge is 0.191 e. The lowest BCUT2D eigenvalue weighted by Crippen LogP contribution is -2.37. The van der Waals surface area contributed by atoms with Crippen molar-refractivity contribution >= 4 is 41.5 Å². The number of rotatable bonds is 7. The summed E-state index contributed by atoms with van der Waals surface area (Å²) in [5, 5.41) is 7.18. The van der Waals surface area contributed by atoms with Crippen molar-refractivity contribution < 1.29 is 9.15 Å². The first-order valence-corrected chi connectivity index (χ1v) is 7.99. The predicted molar refractivity (Wildman–Crippen MR) is 109 cm³/mol. The maximum Gasteiger partial charge on any atom is 0.191 e. The molecule has 0 unspecified atom stereocenters. The van der Waals surface area contributed by atoms with E-state index in [-0.39, 0.29) is 24.0 Å². The zero-order valence-electron chi connectivity index (χ0n) is 13.8. The average molecular weight is 464 g/mol. The SMILES string of the molecule is CCOc1ccc(Cl)cc1CCNC(=NC)NCc1ccco1.I. The van der Waals surface area contributed by atoms with Crippen LogP contribution >= 0.6 is 35.6 Å². The van der Waals surface area contributed by atoms with E-state index in [1.54, 1.807) is 13.3 Å². The number of nitrogens with one attached hydrogen (secondary N) is 2. The predicted octanol–water partition coefficient (Wildman–Crippen LogP) is 3.86. The first-order valence-electron chi connectivity index (χ1n) is 7.61. The van der Waals surface area contributed by atoms with Crippen LogP contribution in [0.4, 0.5) is 0 Å². The molecule has 1 aromatic carbocycles. The van der Waals surface area contributed by atoms with Gasteiger partial charge >= 0.3 is 0 Å². The number of aliphatic imine (C=N–C) groups is 1. The minimum Gasteiger partial charge on any atom is -0.494 e. The topological polar surface area (TPSA) is 58.8 Å². The van der Waals surface area contributed by atoms with E-state index in [1.807, 2.05) is 37.3 Å². The molecular formula is C17H23ClIN3O2. The fourth-order valence-corrected chi connectivity index (χ4v) is 2.35. The number of benzene rings is 1. The van der Waals surface area contributed by atoms with Gasteiger partial charge in [-0.2, -0.15) is 0 Å². The van der Waals surface area contributed by atoms with E-state index in [2.05, 4.69) is 15.6 Å². The standard InChI is InChI=1S/C17H22ClN3O2.HI/c1-3-22-16-7-6-14(18)11-13(16)8-9-20-17(19-2)21-12-15-5-4-10-23-15;/h4-7,10-11H,3,8-9,12H2,1-2H3,(H2,19,20,21);1H. The van der Waals surface area contributed by atoms with Crippen LogP contribution in [-0.4, -0.2) is 26.2 Å². The number of hydrogen-bond donors (Lipinski definition) is 2. The molecule has 5 nitrogen and oxygen atoms in total. The summed E-state index contributed by atoms with van der Waals surface area (Å²) in [6, 6.07) is 9.47. The number of halogens is 2. The van der Waals surface area contributed by atoms with Crippen molar-refractivity contribution in [1.29, 1.82) is 0 Å². The minimum atomic E-state index is 0. The second-order valence-electron chi connectivity index (χ2n) is 4.87. The highest BCUT2D eigenvalue weighted by Crippen LogP contribution is 2.23. The number of nitrogens with zero attached hydrogens (tertiary/aromatic N) is 1. The molecular weight excluding hydrogens is 441 g/mol. The lowest BCUT2D eigenvalue weighted by Gasteiger charge is -2.13. The van der Waals surface area contributed by atoms with Crippen molar-refractivity contribution in [3.63, 3.8) is 0 Å². The third kappa shape index (κ3) is 6.60. The van der Waals surface area contributed by atoms with Gasteiger partial charge in [0, 0.05) is 18.6 Å². The summed E-state index contributed by atoms with van der Waals surface area (Å²) in [6.45, 7) is 3.91. The highest BCUT2D eigenvalue weighted by atomic mass is 127. The van der Waals surface area contributed by atoms with E-state index in [9.17, 15) is 0 Å². The van der Waals surface area contributed by atoms with Gasteiger partial charge in [0.25, 0.3) is 0 Å². The van der Waals surface area contributed by atoms with E-state index in [0.717, 1.165) is 36.0 Å². The molecule has 0 aliphatic heterocycles. The number of ether oxygens (including phenoxy) is 1. The van der Waals surface area contributed by atoms with Crippen molar-refractivity contribution in [3.05, 3.63) is 52.9 Å². The molecule has 0 saturated heterocycles. The number of hydrogen-bond acceptors (Lipinski definition) is 3. The molecule has 0 atom stereocenters. The van der Waals surface area contributed by atoms with Gasteiger partial charge in [-0.15, -0.1) is 24.0 Å². The molecule has 132 valence electrons. The van der Waals surface area contributed by atoms with E-state index in [4.69, 9.17) is 20.8 Å². The molecule has 0 saturated carbocycles. The maximum atomic E-state index is 6.07. The van der Waals surface area contributed by atoms with Gasteiger partial charge in [-0.05, 0) is 49.2 Å². The van der Waals surface area contributed by atoms with Crippen LogP contribution in [0.15, 0.2) is 46.0 Å². The quantitative estimate of drug-likeness (QED) is 0.372. The lowest BCUT2D eigenvalue weighted by molar-refractivity contribution is 0.336. The van der Waals surface area contributed by atoms with Gasteiger partial charge in [0.1, 0.15) is 11.5 Å². The van der Waals surface area contributed by atoms with Gasteiger partial charge in [-0.25, -0.2) is 0 Å². The molecule has 7 heteroatoms. The molecule has 24 heavy (non-hydrogen) atoms. The Morgan fingerprint density at radius 3 is 2.79 bits per heavy atom. The van der Waals surface area contributed by atoms with Gasteiger partial charge in [-0.3, -0.25) is 4.99 Å². The monoisotopic (exact) mass is 463 g/mol. The van der Waals surface area contributed by atoms with E-state index in [0.29, 0.717) is 18.2 Å². The Morgan fingerprint density at radius 1 is 1.29 bits per heavy atom. The first-order chi connectivity index (χ1) is 11.2. The summed E-state index contributed by atoms with van der Waals surface area (Å²) in [6.07, 6.45) is 2.44. The molecule has 1 heterocycles. The van der Waals surface area contributed by atoms with Crippen LogP contribution in [0.5, 0.6) is 5.75 Å². The summed E-state index contributed by atoms with van der Waals surface area (Å²) in [4.78, 5) is 4.19. The van der Waals surface area contributed by atoms with Crippen molar-refractivity contribution in [1.82, 2.24) is 10.6 Å². The van der Waals surface area contributed by atoms with Crippen LogP contribution < -0.4 is 15.4 Å². The summed E-state index contributed by atoms with van der Waals surface area (Å²) in [5.41, 5.74) is 1.08. The van der Waals surface area contributed by atoms with E-state index in [1.165, 1.54) is 0 Å². The van der Waals surface area contributed by atoms with Crippen molar-refractivity contribution in [2.75, 3.05) is 20.2 Å². The van der Waals surface area contributed by atoms with Gasteiger partial charge in [0.05, 0.1) is 19.4 Å². The Morgan fingerprint density at radius 2 is 2.12 bits per heavy atom. The van der Waals surface area contributed by atoms with Crippen LogP contribution in [-0.2, 0) is 13.0 Å². The van der Waals surface area contributed by atoms with E-state index >= 15 is 0 Å². The van der Waals surface area contributed by atoms with Crippen molar-refractivity contribution in [3.8, 4) is 5.75 Å². The second-order valence-corrected chi connectivity index (χ2v) is 5.30. The molecule has 0 fully saturated rings. The molecule has 2 N–H and O–H groups in total. The fraction of sp³-hybridized carbons (Fsp3) is 0.353.